The number of aromatic nitrogens is 3. The number of carbonyl (C=O) groups is 1. The van der Waals surface area contributed by atoms with Crippen molar-refractivity contribution in [1.82, 2.24) is 24.2 Å². The summed E-state index contributed by atoms with van der Waals surface area (Å²) < 4.78 is 48.4. The number of allylic oxidation sites excluding steroid dienone is 1. The van der Waals surface area contributed by atoms with Gasteiger partial charge in [-0.25, -0.2) is 22.8 Å². The number of nitrogens with zero attached hydrogens (tertiary/aromatic N) is 4. The van der Waals surface area contributed by atoms with Crippen molar-refractivity contribution in [3.8, 4) is 5.75 Å². The Balaban J connectivity index is 1.16. The molecule has 2 aromatic heterocycles. The minimum absolute atomic E-state index is 0.101. The predicted molar refractivity (Wildman–Crippen MR) is 184 cm³/mol. The molecule has 0 aliphatic carbocycles. The van der Waals surface area contributed by atoms with E-state index in [1.165, 1.54) is 23.5 Å². The van der Waals surface area contributed by atoms with Gasteiger partial charge < -0.3 is 24.2 Å². The van der Waals surface area contributed by atoms with E-state index in [0.717, 1.165) is 12.0 Å². The summed E-state index contributed by atoms with van der Waals surface area (Å²) in [4.78, 5) is 20.6. The quantitative estimate of drug-likeness (QED) is 0.160. The van der Waals surface area contributed by atoms with E-state index in [1.54, 1.807) is 24.4 Å². The number of anilines is 2. The highest BCUT2D eigenvalue weighted by Crippen LogP contribution is 2.35. The predicted octanol–water partition coefficient (Wildman–Crippen LogP) is 5.40. The minimum Gasteiger partial charge on any atom is -0.452 e. The summed E-state index contributed by atoms with van der Waals surface area (Å²) in [6.07, 6.45) is 6.16. The van der Waals surface area contributed by atoms with Crippen LogP contribution < -0.4 is 15.4 Å². The van der Waals surface area contributed by atoms with Crippen molar-refractivity contribution in [2.45, 2.75) is 18.8 Å². The van der Waals surface area contributed by atoms with Gasteiger partial charge in [0, 0.05) is 48.4 Å². The van der Waals surface area contributed by atoms with Crippen LogP contribution in [0.3, 0.4) is 0 Å². The first-order chi connectivity index (χ1) is 22.7. The second-order valence-corrected chi connectivity index (χ2v) is 14.9. The topological polar surface area (TPSA) is 118 Å². The van der Waals surface area contributed by atoms with Crippen molar-refractivity contribution in [2.24, 2.45) is 0 Å². The van der Waals surface area contributed by atoms with Crippen molar-refractivity contribution in [3.63, 3.8) is 0 Å². The molecule has 1 atom stereocenters. The number of hydrogen-bond donors (Lipinski definition) is 2. The van der Waals surface area contributed by atoms with Gasteiger partial charge in [-0.3, -0.25) is 4.79 Å². The first kappa shape index (κ1) is 32.0. The summed E-state index contributed by atoms with van der Waals surface area (Å²) in [5.74, 6) is 0.258. The first-order valence-electron chi connectivity index (χ1n) is 14.8. The lowest BCUT2D eigenvalue weighted by Gasteiger charge is -2.21. The van der Waals surface area contributed by atoms with Gasteiger partial charge in [0.15, 0.2) is 33.0 Å². The molecule has 10 nitrogen and oxygen atoms in total. The maximum atomic E-state index is 15.4. The van der Waals surface area contributed by atoms with Crippen molar-refractivity contribution >= 4 is 54.3 Å². The monoisotopic (exact) mass is 672 g/mol. The van der Waals surface area contributed by atoms with Gasteiger partial charge in [0.25, 0.3) is 0 Å². The van der Waals surface area contributed by atoms with Gasteiger partial charge in [-0.05, 0) is 29.3 Å². The van der Waals surface area contributed by atoms with E-state index in [1.807, 2.05) is 47.2 Å². The van der Waals surface area contributed by atoms with Crippen molar-refractivity contribution in [2.75, 3.05) is 23.9 Å². The summed E-state index contributed by atoms with van der Waals surface area (Å²) >= 11 is 0. The SMILES string of the molecule is CS(=O)(=O)CC(=O)NCCn1ccc2ncnc(Nc3ccc(OC4=CN(Cc5ccccc5)S(Cc5ccccc5)=C4)c(F)c3)c21. The molecular weight excluding hydrogens is 640 g/mol. The largest absolute Gasteiger partial charge is 0.452 e. The lowest BCUT2D eigenvalue weighted by molar-refractivity contribution is -0.118. The summed E-state index contributed by atoms with van der Waals surface area (Å²) in [6.45, 7) is 1.25. The third-order valence-corrected chi connectivity index (χ3v) is 9.96. The number of benzene rings is 3. The van der Waals surface area contributed by atoms with Crippen molar-refractivity contribution in [3.05, 3.63) is 126 Å². The second-order valence-electron chi connectivity index (χ2n) is 11.0. The highest BCUT2D eigenvalue weighted by molar-refractivity contribution is 8.12. The van der Waals surface area contributed by atoms with Crippen LogP contribution in [0.5, 0.6) is 5.75 Å². The van der Waals surface area contributed by atoms with Crippen LogP contribution in [0.25, 0.3) is 11.0 Å². The van der Waals surface area contributed by atoms with Crippen LogP contribution in [0.1, 0.15) is 11.1 Å². The molecule has 3 aromatic carbocycles. The number of carbonyl (C=O) groups excluding carboxylic acids is 1. The highest BCUT2D eigenvalue weighted by atomic mass is 32.2. The molecule has 0 saturated heterocycles. The van der Waals surface area contributed by atoms with Crippen molar-refractivity contribution < 1.29 is 22.3 Å². The summed E-state index contributed by atoms with van der Waals surface area (Å²) in [5, 5.41) is 7.83. The van der Waals surface area contributed by atoms with E-state index < -0.39 is 27.3 Å². The van der Waals surface area contributed by atoms with E-state index in [2.05, 4.69) is 54.5 Å². The average molecular weight is 673 g/mol. The summed E-state index contributed by atoms with van der Waals surface area (Å²) in [6, 6.07) is 26.9. The fourth-order valence-electron chi connectivity index (χ4n) is 5.09. The van der Waals surface area contributed by atoms with Gasteiger partial charge in [0.05, 0.1) is 18.3 Å². The Morgan fingerprint density at radius 3 is 2.45 bits per heavy atom. The molecule has 0 bridgehead atoms. The van der Waals surface area contributed by atoms with Crippen LogP contribution in [-0.4, -0.2) is 57.1 Å². The van der Waals surface area contributed by atoms with E-state index >= 15 is 4.39 Å². The normalized spacial score (nSPS) is 14.5. The van der Waals surface area contributed by atoms with Gasteiger partial charge in [0.1, 0.15) is 17.6 Å². The third-order valence-electron chi connectivity index (χ3n) is 7.20. The Morgan fingerprint density at radius 2 is 1.72 bits per heavy atom. The molecule has 5 aromatic rings. The Kier molecular flexibility index (Phi) is 9.64. The smallest absolute Gasteiger partial charge is 0.235 e. The Labute approximate surface area is 274 Å². The maximum absolute atomic E-state index is 15.4. The number of hydrogen-bond acceptors (Lipinski definition) is 8. The number of sulfone groups is 1. The molecule has 0 spiro atoms. The van der Waals surface area contributed by atoms with Crippen molar-refractivity contribution in [1.29, 1.82) is 0 Å². The number of fused-ring (bicyclic) bond motifs is 1. The second kappa shape index (κ2) is 14.2. The highest BCUT2D eigenvalue weighted by Gasteiger charge is 2.19. The third kappa shape index (κ3) is 8.43. The molecule has 2 N–H and O–H groups in total. The molecule has 13 heteroatoms. The zero-order valence-corrected chi connectivity index (χ0v) is 27.2. The molecular formula is C34H33FN6O4S2. The summed E-state index contributed by atoms with van der Waals surface area (Å²) in [7, 11) is -3.71. The van der Waals surface area contributed by atoms with Crippen LogP contribution >= 0.6 is 10.7 Å². The molecule has 3 heterocycles. The zero-order chi connectivity index (χ0) is 32.8. The molecule has 0 radical (unpaired) electrons. The molecule has 47 heavy (non-hydrogen) atoms. The molecule has 0 saturated carbocycles. The fourth-order valence-corrected chi connectivity index (χ4v) is 7.52. The van der Waals surface area contributed by atoms with E-state index in [0.29, 0.717) is 41.4 Å². The number of ether oxygens (including phenoxy) is 1. The van der Waals surface area contributed by atoms with E-state index in [-0.39, 0.29) is 23.0 Å². The van der Waals surface area contributed by atoms with Crippen LogP contribution in [0.4, 0.5) is 15.9 Å². The standard InChI is InChI=1S/C34H33FN6O4S2/c1-47(43,44)23-32(42)36-15-17-40-16-14-30-33(40)34(38-24-37-30)39-27-12-13-31(29(35)18-27)45-28-20-41(19-25-8-4-2-5-9-25)46(22-28)21-26-10-6-3-7-11-26/h2-14,16,18,20,22,24H,15,17,19,21,23H2,1H3,(H,36,42)(H,37,38,39). The lowest BCUT2D eigenvalue weighted by atomic mass is 10.2. The molecule has 1 amide bonds. The number of amides is 1. The van der Waals surface area contributed by atoms with Crippen LogP contribution in [0.2, 0.25) is 0 Å². The molecule has 242 valence electrons. The van der Waals surface area contributed by atoms with Gasteiger partial charge in [-0.1, -0.05) is 71.3 Å². The van der Waals surface area contributed by atoms with E-state index in [9.17, 15) is 13.2 Å². The van der Waals surface area contributed by atoms with Gasteiger partial charge >= 0.3 is 0 Å². The number of nitrogens with one attached hydrogen (secondary N) is 2. The van der Waals surface area contributed by atoms with Crippen LogP contribution in [0.15, 0.2) is 109 Å². The van der Waals surface area contributed by atoms with Gasteiger partial charge in [-0.2, -0.15) is 0 Å². The van der Waals surface area contributed by atoms with E-state index in [4.69, 9.17) is 4.74 Å². The van der Waals surface area contributed by atoms with Crippen LogP contribution in [-0.2, 0) is 33.5 Å². The lowest BCUT2D eigenvalue weighted by Crippen LogP contribution is -2.32. The molecule has 1 aliphatic heterocycles. The Bertz CT molecular complexity index is 2070. The van der Waals surface area contributed by atoms with Gasteiger partial charge in [0.2, 0.25) is 5.91 Å². The summed E-state index contributed by atoms with van der Waals surface area (Å²) in [5.41, 5.74) is 4.15. The molecule has 1 unspecified atom stereocenters. The first-order valence-corrected chi connectivity index (χ1v) is 18.3. The van der Waals surface area contributed by atoms with Gasteiger partial charge in [-0.15, -0.1) is 0 Å². The Hall–Kier alpha value is -5.01. The zero-order valence-electron chi connectivity index (χ0n) is 25.5. The Morgan fingerprint density at radius 1 is 0.979 bits per heavy atom. The maximum Gasteiger partial charge on any atom is 0.235 e. The molecule has 0 fully saturated rings. The average Bonchev–Trinajstić information content (AvgIpc) is 3.62. The molecule has 1 aliphatic rings. The number of rotatable bonds is 13. The minimum atomic E-state index is -3.42. The molecule has 6 rings (SSSR count). The van der Waals surface area contributed by atoms with Crippen LogP contribution in [0, 0.1) is 5.82 Å². The fraction of sp³-hybridized carbons (Fsp3) is 0.176. The number of halogens is 1.